The van der Waals surface area contributed by atoms with E-state index >= 15 is 4.57 Å². The van der Waals surface area contributed by atoms with E-state index in [1.165, 1.54) is 10.4 Å². The number of benzene rings is 5. The summed E-state index contributed by atoms with van der Waals surface area (Å²) in [5.74, 6) is 1.77. The van der Waals surface area contributed by atoms with Crippen molar-refractivity contribution in [3.63, 3.8) is 0 Å². The molecule has 1 aliphatic heterocycles. The molecule has 47 heavy (non-hydrogen) atoms. The Bertz CT molecular complexity index is 2240. The van der Waals surface area contributed by atoms with Gasteiger partial charge >= 0.3 is 0 Å². The number of pyridine rings is 1. The smallest absolute Gasteiger partial charge is 0.170 e. The molecule has 1 atom stereocenters. The van der Waals surface area contributed by atoms with Crippen molar-refractivity contribution in [3.05, 3.63) is 152 Å². The average Bonchev–Trinajstić information content (AvgIpc) is 3.15. The SMILES string of the molecule is C[Si]1(C)c2ccccc2P(=O)(c2ccccc2)c2cc(-c3ccc(-c4nc(-c5ccccc5)nc(-c5ccccc5)n4)cn3)ccc21. The zero-order valence-electron chi connectivity index (χ0n) is 26.1. The summed E-state index contributed by atoms with van der Waals surface area (Å²) < 4.78 is 15.5. The van der Waals surface area contributed by atoms with Crippen LogP contribution in [0.4, 0.5) is 0 Å². The number of hydrogen-bond donors (Lipinski definition) is 0. The molecule has 0 fully saturated rings. The van der Waals surface area contributed by atoms with Gasteiger partial charge in [-0.25, -0.2) is 15.0 Å². The van der Waals surface area contributed by atoms with Gasteiger partial charge in [0.15, 0.2) is 24.6 Å². The highest BCUT2D eigenvalue weighted by Gasteiger charge is 2.45. The molecule has 0 bridgehead atoms. The normalized spacial score (nSPS) is 16.2. The van der Waals surface area contributed by atoms with Crippen LogP contribution in [0.3, 0.4) is 0 Å². The van der Waals surface area contributed by atoms with E-state index in [1.807, 2.05) is 115 Å². The Morgan fingerprint density at radius 2 is 1.00 bits per heavy atom. The predicted octanol–water partition coefficient (Wildman–Crippen LogP) is 6.71. The van der Waals surface area contributed by atoms with Gasteiger partial charge in [-0.1, -0.05) is 140 Å². The van der Waals surface area contributed by atoms with Crippen LogP contribution >= 0.6 is 7.14 Å². The maximum Gasteiger partial charge on any atom is 0.170 e. The first-order chi connectivity index (χ1) is 22.9. The first kappa shape index (κ1) is 29.1. The summed E-state index contributed by atoms with van der Waals surface area (Å²) >= 11 is 0. The van der Waals surface area contributed by atoms with Gasteiger partial charge in [-0.05, 0) is 28.6 Å². The Balaban J connectivity index is 1.23. The van der Waals surface area contributed by atoms with Gasteiger partial charge in [-0.3, -0.25) is 4.98 Å². The van der Waals surface area contributed by atoms with E-state index in [2.05, 4.69) is 49.5 Å². The van der Waals surface area contributed by atoms with Crippen LogP contribution in [0.5, 0.6) is 0 Å². The van der Waals surface area contributed by atoms with E-state index in [0.717, 1.165) is 43.9 Å². The number of nitrogens with zero attached hydrogens (tertiary/aromatic N) is 4. The fourth-order valence-corrected chi connectivity index (χ4v) is 14.8. The van der Waals surface area contributed by atoms with Gasteiger partial charge in [0.25, 0.3) is 0 Å². The standard InChI is InChI=1S/C40H31N4OPSi/c1-47(2)36-21-13-12-20-34(36)46(45,32-18-10-5-11-19-32)35-26-30(23-25-37(35)47)33-24-22-31(27-41-33)40-43-38(28-14-6-3-7-15-28)42-39(44-40)29-16-8-4-9-17-29/h3-27H,1-2H3. The molecule has 7 aromatic rings. The van der Waals surface area contributed by atoms with Crippen molar-refractivity contribution in [2.45, 2.75) is 13.1 Å². The monoisotopic (exact) mass is 642 g/mol. The van der Waals surface area contributed by atoms with E-state index in [9.17, 15) is 0 Å². The molecule has 8 rings (SSSR count). The molecule has 7 heteroatoms. The molecule has 0 saturated carbocycles. The summed E-state index contributed by atoms with van der Waals surface area (Å²) in [7, 11) is -5.23. The van der Waals surface area contributed by atoms with E-state index in [1.54, 1.807) is 0 Å². The minimum atomic E-state index is -3.12. The molecule has 3 heterocycles. The second-order valence-electron chi connectivity index (χ2n) is 12.3. The molecule has 0 saturated heterocycles. The van der Waals surface area contributed by atoms with Gasteiger partial charge in [0.05, 0.1) is 5.69 Å². The highest BCUT2D eigenvalue weighted by molar-refractivity contribution is 7.86. The Kier molecular flexibility index (Phi) is 7.13. The Morgan fingerprint density at radius 1 is 0.489 bits per heavy atom. The third-order valence-electron chi connectivity index (χ3n) is 9.06. The minimum Gasteiger partial charge on any atom is -0.309 e. The van der Waals surface area contributed by atoms with Gasteiger partial charge in [-0.2, -0.15) is 0 Å². The molecular formula is C40H31N4OPSi. The van der Waals surface area contributed by atoms with Gasteiger partial charge in [0.1, 0.15) is 8.07 Å². The number of fused-ring (bicyclic) bond motifs is 2. The van der Waals surface area contributed by atoms with Gasteiger partial charge in [0, 0.05) is 44.4 Å². The Hall–Kier alpha value is -5.29. The average molecular weight is 643 g/mol. The summed E-state index contributed by atoms with van der Waals surface area (Å²) in [6, 6.07) is 48.6. The molecule has 0 aliphatic carbocycles. The third-order valence-corrected chi connectivity index (χ3v) is 16.2. The highest BCUT2D eigenvalue weighted by atomic mass is 31.2. The fourth-order valence-electron chi connectivity index (χ4n) is 6.58. The summed E-state index contributed by atoms with van der Waals surface area (Å²) in [5, 5.41) is 5.22. The van der Waals surface area contributed by atoms with Crippen molar-refractivity contribution in [1.29, 1.82) is 0 Å². The summed E-state index contributed by atoms with van der Waals surface area (Å²) in [5.41, 5.74) is 4.36. The molecule has 5 nitrogen and oxygen atoms in total. The molecule has 226 valence electrons. The second-order valence-corrected chi connectivity index (χ2v) is 19.3. The van der Waals surface area contributed by atoms with E-state index < -0.39 is 15.2 Å². The van der Waals surface area contributed by atoms with E-state index in [-0.39, 0.29) is 0 Å². The third kappa shape index (κ3) is 4.98. The fraction of sp³-hybridized carbons (Fsp3) is 0.0500. The molecular weight excluding hydrogens is 612 g/mol. The lowest BCUT2D eigenvalue weighted by atomic mass is 10.1. The molecule has 1 unspecified atom stereocenters. The second kappa shape index (κ2) is 11.5. The molecule has 0 radical (unpaired) electrons. The van der Waals surface area contributed by atoms with Crippen molar-refractivity contribution >= 4 is 41.5 Å². The first-order valence-corrected chi connectivity index (χ1v) is 20.4. The summed E-state index contributed by atoms with van der Waals surface area (Å²) in [4.78, 5) is 19.4. The van der Waals surface area contributed by atoms with Crippen molar-refractivity contribution in [2.24, 2.45) is 0 Å². The van der Waals surface area contributed by atoms with Crippen LogP contribution in [0.15, 0.2) is 152 Å². The van der Waals surface area contributed by atoms with Crippen LogP contribution in [0.2, 0.25) is 13.1 Å². The van der Waals surface area contributed by atoms with Crippen molar-refractivity contribution in [1.82, 2.24) is 19.9 Å². The lowest BCUT2D eigenvalue weighted by Gasteiger charge is -2.38. The Labute approximate surface area is 275 Å². The molecule has 0 spiro atoms. The van der Waals surface area contributed by atoms with Crippen LogP contribution in [-0.4, -0.2) is 28.0 Å². The van der Waals surface area contributed by atoms with E-state index in [4.69, 9.17) is 19.9 Å². The van der Waals surface area contributed by atoms with Crippen LogP contribution in [0.25, 0.3) is 45.4 Å². The number of hydrogen-bond acceptors (Lipinski definition) is 5. The zero-order chi connectivity index (χ0) is 32.0. The zero-order valence-corrected chi connectivity index (χ0v) is 28.0. The molecule has 5 aromatic carbocycles. The lowest BCUT2D eigenvalue weighted by Crippen LogP contribution is -2.67. The van der Waals surface area contributed by atoms with Crippen molar-refractivity contribution in [2.75, 3.05) is 0 Å². The van der Waals surface area contributed by atoms with Gasteiger partial charge < -0.3 is 4.57 Å². The molecule has 1 aliphatic rings. The van der Waals surface area contributed by atoms with E-state index in [0.29, 0.717) is 17.5 Å². The van der Waals surface area contributed by atoms with Crippen LogP contribution < -0.4 is 26.3 Å². The van der Waals surface area contributed by atoms with Crippen LogP contribution in [-0.2, 0) is 4.57 Å². The molecule has 0 amide bonds. The predicted molar refractivity (Wildman–Crippen MR) is 196 cm³/mol. The maximum atomic E-state index is 15.5. The van der Waals surface area contributed by atoms with Gasteiger partial charge in [-0.15, -0.1) is 0 Å². The van der Waals surface area contributed by atoms with Crippen molar-refractivity contribution < 1.29 is 4.57 Å². The molecule has 2 aromatic heterocycles. The first-order valence-electron chi connectivity index (χ1n) is 15.7. The number of aromatic nitrogens is 4. The minimum absolute atomic E-state index is 0.556. The quantitative estimate of drug-likeness (QED) is 0.154. The topological polar surface area (TPSA) is 68.6 Å². The van der Waals surface area contributed by atoms with Crippen molar-refractivity contribution in [3.8, 4) is 45.4 Å². The van der Waals surface area contributed by atoms with Gasteiger partial charge in [0.2, 0.25) is 0 Å². The summed E-state index contributed by atoms with van der Waals surface area (Å²) in [6.07, 6.45) is 1.82. The summed E-state index contributed by atoms with van der Waals surface area (Å²) in [6.45, 7) is 4.71. The lowest BCUT2D eigenvalue weighted by molar-refractivity contribution is 0.592. The van der Waals surface area contributed by atoms with Crippen LogP contribution in [0.1, 0.15) is 0 Å². The molecule has 0 N–H and O–H groups in total. The maximum absolute atomic E-state index is 15.5. The largest absolute Gasteiger partial charge is 0.309 e. The van der Waals surface area contributed by atoms with Crippen LogP contribution in [0, 0.1) is 0 Å². The number of rotatable bonds is 5. The highest BCUT2D eigenvalue weighted by Crippen LogP contribution is 2.44. The Morgan fingerprint density at radius 3 is 1.60 bits per heavy atom.